The van der Waals surface area contributed by atoms with Crippen molar-refractivity contribution < 1.29 is 0 Å². The molecule has 0 saturated heterocycles. The minimum Gasteiger partial charge on any atom is -0.310 e. The van der Waals surface area contributed by atoms with Crippen molar-refractivity contribution in [1.82, 2.24) is 0 Å². The zero-order valence-corrected chi connectivity index (χ0v) is 32.4. The van der Waals surface area contributed by atoms with E-state index in [2.05, 4.69) is 195 Å². The number of aryl methyl sites for hydroxylation is 4. The Morgan fingerprint density at radius 2 is 0.630 bits per heavy atom. The molecule has 0 aliphatic carbocycles. The third-order valence-electron chi connectivity index (χ3n) is 10.9. The molecule has 2 aromatic heterocycles. The maximum absolute atomic E-state index is 2.42. The van der Waals surface area contributed by atoms with Gasteiger partial charge in [0.15, 0.2) is 0 Å². The highest BCUT2D eigenvalue weighted by Crippen LogP contribution is 2.46. The van der Waals surface area contributed by atoms with Gasteiger partial charge >= 0.3 is 0 Å². The summed E-state index contributed by atoms with van der Waals surface area (Å²) in [7, 11) is 0. The molecule has 10 rings (SSSR count). The minimum atomic E-state index is 1.18. The van der Waals surface area contributed by atoms with Crippen LogP contribution in [-0.4, -0.2) is 0 Å². The summed E-state index contributed by atoms with van der Waals surface area (Å²) >= 11 is 3.78. The van der Waals surface area contributed by atoms with E-state index in [0.29, 0.717) is 0 Å². The topological polar surface area (TPSA) is 6.48 Å². The van der Waals surface area contributed by atoms with Gasteiger partial charge in [0.25, 0.3) is 0 Å². The largest absolute Gasteiger partial charge is 0.310 e. The standard InChI is InChI=1S/C50H38N2S2/c1-31-13-5-9-17-43(31)51(44-18-10-6-14-32(44)2)37-21-23-39-41-25-35-26-42-40-24-22-38(30-50(40)54-48(42)28-36(35)27-47(41)53-49(39)29-37)52(45-19-11-7-15-33(45)3)46-20-12-8-16-34(46)4/h5-30H,1-4H3. The van der Waals surface area contributed by atoms with Crippen molar-refractivity contribution in [3.05, 3.63) is 180 Å². The van der Waals surface area contributed by atoms with Gasteiger partial charge in [-0.15, -0.1) is 22.7 Å². The van der Waals surface area contributed by atoms with Gasteiger partial charge in [0, 0.05) is 74.5 Å². The van der Waals surface area contributed by atoms with Crippen LogP contribution >= 0.6 is 22.7 Å². The predicted molar refractivity (Wildman–Crippen MR) is 238 cm³/mol. The highest BCUT2D eigenvalue weighted by Gasteiger charge is 2.20. The molecular weight excluding hydrogens is 693 g/mol. The number of nitrogens with zero attached hydrogens (tertiary/aromatic N) is 2. The van der Waals surface area contributed by atoms with Crippen LogP contribution in [0.15, 0.2) is 158 Å². The van der Waals surface area contributed by atoms with Gasteiger partial charge in [-0.3, -0.25) is 0 Å². The fourth-order valence-corrected chi connectivity index (χ4v) is 10.5. The van der Waals surface area contributed by atoms with E-state index in [1.54, 1.807) is 0 Å². The van der Waals surface area contributed by atoms with Gasteiger partial charge in [-0.25, -0.2) is 0 Å². The summed E-state index contributed by atoms with van der Waals surface area (Å²) in [6, 6.07) is 58.3. The van der Waals surface area contributed by atoms with Crippen LogP contribution in [0.25, 0.3) is 51.1 Å². The van der Waals surface area contributed by atoms with Crippen LogP contribution in [0, 0.1) is 27.7 Å². The number of rotatable bonds is 6. The summed E-state index contributed by atoms with van der Waals surface area (Å²) in [4.78, 5) is 4.83. The zero-order chi connectivity index (χ0) is 36.5. The first kappa shape index (κ1) is 32.7. The van der Waals surface area contributed by atoms with Crippen LogP contribution in [0.5, 0.6) is 0 Å². The van der Waals surface area contributed by atoms with Crippen LogP contribution in [-0.2, 0) is 0 Å². The Morgan fingerprint density at radius 3 is 0.981 bits per heavy atom. The van der Waals surface area contributed by atoms with Crippen molar-refractivity contribution in [2.75, 3.05) is 9.80 Å². The van der Waals surface area contributed by atoms with Crippen LogP contribution in [0.4, 0.5) is 34.1 Å². The maximum atomic E-state index is 2.42. The molecule has 8 aromatic carbocycles. The highest BCUT2D eigenvalue weighted by molar-refractivity contribution is 7.26. The first-order valence-corrected chi connectivity index (χ1v) is 20.1. The second kappa shape index (κ2) is 12.9. The lowest BCUT2D eigenvalue weighted by Gasteiger charge is -2.28. The van der Waals surface area contributed by atoms with Gasteiger partial charge < -0.3 is 9.80 Å². The summed E-state index contributed by atoms with van der Waals surface area (Å²) in [6.45, 7) is 8.79. The van der Waals surface area contributed by atoms with Crippen molar-refractivity contribution in [2.24, 2.45) is 0 Å². The summed E-state index contributed by atoms with van der Waals surface area (Å²) in [6.07, 6.45) is 0. The fourth-order valence-electron chi connectivity index (χ4n) is 8.12. The molecule has 0 aliphatic rings. The zero-order valence-electron chi connectivity index (χ0n) is 30.7. The number of thiophene rings is 2. The number of hydrogen-bond donors (Lipinski definition) is 0. The van der Waals surface area contributed by atoms with E-state index in [9.17, 15) is 0 Å². The quantitative estimate of drug-likeness (QED) is 0.168. The van der Waals surface area contributed by atoms with Crippen molar-refractivity contribution in [3.8, 4) is 0 Å². The maximum Gasteiger partial charge on any atom is 0.0490 e. The smallest absolute Gasteiger partial charge is 0.0490 e. The van der Waals surface area contributed by atoms with Gasteiger partial charge in [-0.1, -0.05) is 84.9 Å². The molecular formula is C50H38N2S2. The molecule has 54 heavy (non-hydrogen) atoms. The summed E-state index contributed by atoms with van der Waals surface area (Å²) in [5.74, 6) is 0. The molecule has 0 atom stereocenters. The van der Waals surface area contributed by atoms with Crippen molar-refractivity contribution in [3.63, 3.8) is 0 Å². The van der Waals surface area contributed by atoms with Crippen LogP contribution in [0.3, 0.4) is 0 Å². The van der Waals surface area contributed by atoms with E-state index in [1.165, 1.54) is 107 Å². The Morgan fingerprint density at radius 1 is 0.315 bits per heavy atom. The Labute approximate surface area is 323 Å². The average Bonchev–Trinajstić information content (AvgIpc) is 3.72. The lowest BCUT2D eigenvalue weighted by Crippen LogP contribution is -2.12. The first-order chi connectivity index (χ1) is 26.4. The summed E-state index contributed by atoms with van der Waals surface area (Å²) in [5.41, 5.74) is 12.2. The van der Waals surface area contributed by atoms with E-state index < -0.39 is 0 Å². The molecule has 0 saturated carbocycles. The molecule has 4 heteroatoms. The molecule has 0 aliphatic heterocycles. The second-order valence-corrected chi connectivity index (χ2v) is 16.6. The van der Waals surface area contributed by atoms with E-state index >= 15 is 0 Å². The molecule has 2 heterocycles. The third-order valence-corrected chi connectivity index (χ3v) is 13.2. The summed E-state index contributed by atoms with van der Waals surface area (Å²) < 4.78 is 5.25. The molecule has 0 radical (unpaired) electrons. The predicted octanol–water partition coefficient (Wildman–Crippen LogP) is 15.7. The fraction of sp³-hybridized carbons (Fsp3) is 0.0800. The van der Waals surface area contributed by atoms with Gasteiger partial charge in [0.1, 0.15) is 0 Å². The number of anilines is 6. The highest BCUT2D eigenvalue weighted by atomic mass is 32.1. The van der Waals surface area contributed by atoms with Crippen LogP contribution in [0.1, 0.15) is 22.3 Å². The van der Waals surface area contributed by atoms with Gasteiger partial charge in [-0.05, 0) is 134 Å². The summed E-state index contributed by atoms with van der Waals surface area (Å²) in [5, 5.41) is 7.83. The number of para-hydroxylation sites is 4. The van der Waals surface area contributed by atoms with E-state index in [-0.39, 0.29) is 0 Å². The van der Waals surface area contributed by atoms with E-state index in [1.807, 2.05) is 22.7 Å². The third kappa shape index (κ3) is 5.36. The van der Waals surface area contributed by atoms with Gasteiger partial charge in [0.05, 0.1) is 0 Å². The van der Waals surface area contributed by atoms with Crippen molar-refractivity contribution in [1.29, 1.82) is 0 Å². The molecule has 0 spiro atoms. The van der Waals surface area contributed by atoms with Crippen LogP contribution < -0.4 is 9.80 Å². The molecule has 0 N–H and O–H groups in total. The number of benzene rings is 8. The number of hydrogen-bond acceptors (Lipinski definition) is 4. The molecule has 2 nitrogen and oxygen atoms in total. The SMILES string of the molecule is Cc1ccccc1N(c1ccc2c(c1)sc1cc3cc4sc5cc(N(c6ccccc6C)c6ccccc6C)ccc5c4cc3cc12)c1ccccc1C. The van der Waals surface area contributed by atoms with Crippen molar-refractivity contribution >= 4 is 108 Å². The molecule has 10 aromatic rings. The normalized spacial score (nSPS) is 11.7. The molecule has 0 amide bonds. The van der Waals surface area contributed by atoms with Crippen molar-refractivity contribution in [2.45, 2.75) is 27.7 Å². The molecule has 0 bridgehead atoms. The lowest BCUT2D eigenvalue weighted by molar-refractivity contribution is 1.23. The van der Waals surface area contributed by atoms with E-state index in [4.69, 9.17) is 0 Å². The molecule has 0 fully saturated rings. The average molecular weight is 731 g/mol. The Hall–Kier alpha value is -5.94. The Balaban J connectivity index is 1.09. The van der Waals surface area contributed by atoms with Crippen LogP contribution in [0.2, 0.25) is 0 Å². The Kier molecular flexibility index (Phi) is 7.79. The monoisotopic (exact) mass is 730 g/mol. The number of fused-ring (bicyclic) bond motifs is 7. The van der Waals surface area contributed by atoms with Gasteiger partial charge in [-0.2, -0.15) is 0 Å². The lowest BCUT2D eigenvalue weighted by atomic mass is 10.0. The Bertz CT molecular complexity index is 2780. The minimum absolute atomic E-state index is 1.18. The van der Waals surface area contributed by atoms with E-state index in [0.717, 1.165) is 0 Å². The first-order valence-electron chi connectivity index (χ1n) is 18.5. The second-order valence-electron chi connectivity index (χ2n) is 14.4. The van der Waals surface area contributed by atoms with Gasteiger partial charge in [0.2, 0.25) is 0 Å². The molecule has 0 unspecified atom stereocenters. The molecule has 260 valence electrons.